The first-order valence-electron chi connectivity index (χ1n) is 8.90. The maximum absolute atomic E-state index is 12.9. The number of halogens is 6. The molecule has 2 radical (unpaired) electrons. The van der Waals surface area contributed by atoms with Crippen LogP contribution in [-0.4, -0.2) is 36.3 Å². The number of hydrogen-bond donors (Lipinski definition) is 1. The van der Waals surface area contributed by atoms with Gasteiger partial charge in [0.25, 0.3) is 0 Å². The van der Waals surface area contributed by atoms with Gasteiger partial charge >= 0.3 is 12.4 Å². The third-order valence-electron chi connectivity index (χ3n) is 4.06. The van der Waals surface area contributed by atoms with Gasteiger partial charge < -0.3 is 10.1 Å². The van der Waals surface area contributed by atoms with E-state index in [9.17, 15) is 26.3 Å². The molecule has 164 valence electrons. The zero-order valence-corrected chi connectivity index (χ0v) is 18.2. The van der Waals surface area contributed by atoms with Gasteiger partial charge in [-0.15, -0.1) is 7.48 Å². The topological polar surface area (TPSA) is 33.1 Å². The van der Waals surface area contributed by atoms with Crippen molar-refractivity contribution in [1.29, 1.82) is 5.41 Å². The molecule has 1 aromatic carbocycles. The highest BCUT2D eigenvalue weighted by Gasteiger charge is 2.36. The van der Waals surface area contributed by atoms with Gasteiger partial charge in [-0.05, 0) is 16.4 Å². The van der Waals surface area contributed by atoms with Gasteiger partial charge in [0.05, 0.1) is 11.1 Å². The number of benzene rings is 1. The summed E-state index contributed by atoms with van der Waals surface area (Å²) in [5, 5.41) is 8.10. The Balaban J connectivity index is 2.87. The molecule has 0 saturated carbocycles. The molecular formula is C19H26BF6NOP-. The number of rotatable bonds is 6. The fourth-order valence-corrected chi connectivity index (χ4v) is 6.44. The van der Waals surface area contributed by atoms with Crippen LogP contribution in [-0.2, 0) is 17.0 Å². The first kappa shape index (κ1) is 26.0. The highest BCUT2D eigenvalue weighted by atomic mass is 31.1. The molecule has 0 aromatic heterocycles. The molecule has 0 aliphatic heterocycles. The second-order valence-corrected chi connectivity index (χ2v) is 12.7. The van der Waals surface area contributed by atoms with E-state index in [-0.39, 0.29) is 34.2 Å². The summed E-state index contributed by atoms with van der Waals surface area (Å²) in [6, 6.07) is 1.26. The molecule has 0 bridgehead atoms. The Bertz CT molecular complexity index is 673. The lowest BCUT2D eigenvalue weighted by Crippen LogP contribution is -2.31. The largest absolute Gasteiger partial charge is 0.651 e. The molecule has 1 aromatic rings. The van der Waals surface area contributed by atoms with Crippen LogP contribution in [0.1, 0.15) is 52.7 Å². The summed E-state index contributed by atoms with van der Waals surface area (Å²) >= 11 is 0. The lowest BCUT2D eigenvalue weighted by atomic mass is 9.85. The molecule has 0 saturated heterocycles. The molecular weight excluding hydrogens is 414 g/mol. The van der Waals surface area contributed by atoms with E-state index in [1.54, 1.807) is 0 Å². The van der Waals surface area contributed by atoms with Gasteiger partial charge in [-0.1, -0.05) is 61.6 Å². The molecule has 0 unspecified atom stereocenters. The first-order valence-corrected chi connectivity index (χ1v) is 10.4. The average Bonchev–Trinajstić information content (AvgIpc) is 2.48. The minimum Gasteiger partial charge on any atom is -0.651 e. The van der Waals surface area contributed by atoms with Gasteiger partial charge in [-0.2, -0.15) is 26.3 Å². The van der Waals surface area contributed by atoms with E-state index in [4.69, 9.17) is 10.1 Å². The summed E-state index contributed by atoms with van der Waals surface area (Å²) in [4.78, 5) is 0. The van der Waals surface area contributed by atoms with Gasteiger partial charge in [0.1, 0.15) is 0 Å². The fraction of sp³-hybridized carbons (Fsp3) is 0.632. The molecule has 0 heterocycles. The van der Waals surface area contributed by atoms with Gasteiger partial charge in [-0.25, -0.2) is 5.46 Å². The Hall–Kier alpha value is -1.08. The van der Waals surface area contributed by atoms with Crippen LogP contribution >= 0.6 is 7.92 Å². The minimum absolute atomic E-state index is 0.0216. The van der Waals surface area contributed by atoms with Crippen LogP contribution in [0.15, 0.2) is 18.2 Å². The molecule has 2 nitrogen and oxygen atoms in total. The molecule has 1 N–H and O–H groups in total. The van der Waals surface area contributed by atoms with Crippen molar-refractivity contribution in [2.75, 3.05) is 12.8 Å². The van der Waals surface area contributed by atoms with E-state index in [0.29, 0.717) is 18.3 Å². The lowest BCUT2D eigenvalue weighted by molar-refractivity contribution is -0.142. The first-order chi connectivity index (χ1) is 12.8. The highest BCUT2D eigenvalue weighted by molar-refractivity contribution is 7.61. The molecule has 0 aliphatic rings. The Morgan fingerprint density at radius 3 is 1.62 bits per heavy atom. The Morgan fingerprint density at radius 1 is 0.862 bits per heavy atom. The summed E-state index contributed by atoms with van der Waals surface area (Å²) < 4.78 is 82.6. The van der Waals surface area contributed by atoms with Crippen molar-refractivity contribution in [2.24, 2.45) is 0 Å². The lowest BCUT2D eigenvalue weighted by Gasteiger charge is -2.42. The summed E-state index contributed by atoms with van der Waals surface area (Å²) in [7, 11) is 0.233. The van der Waals surface area contributed by atoms with Crippen LogP contribution in [0.4, 0.5) is 26.3 Å². The second kappa shape index (κ2) is 8.97. The van der Waals surface area contributed by atoms with E-state index in [2.05, 4.69) is 41.5 Å². The quantitative estimate of drug-likeness (QED) is 0.247. The van der Waals surface area contributed by atoms with Gasteiger partial charge in [-0.3, -0.25) is 0 Å². The molecule has 0 amide bonds. The summed E-state index contributed by atoms with van der Waals surface area (Å²) in [5.41, 5.74) is -2.91. The molecule has 0 aliphatic carbocycles. The standard InChI is InChI=1S/C19H26BF6NOP/c1-16(2,3)29(17(4,5)6)11-15(27)10-28-20-14-8-12(18(21,22)23)7-13(9-14)19(24,25)26/h7-9,27H,10-11H2,1-6H3/q-1. The van der Waals surface area contributed by atoms with Crippen LogP contribution < -0.4 is 5.46 Å². The smallest absolute Gasteiger partial charge is 0.416 e. The van der Waals surface area contributed by atoms with Gasteiger partial charge in [0, 0.05) is 18.5 Å². The molecule has 0 spiro atoms. The van der Waals surface area contributed by atoms with Crippen LogP contribution in [0.3, 0.4) is 0 Å². The van der Waals surface area contributed by atoms with Crippen LogP contribution in [0.2, 0.25) is 0 Å². The Morgan fingerprint density at radius 2 is 1.28 bits per heavy atom. The van der Waals surface area contributed by atoms with E-state index in [1.165, 1.54) is 0 Å². The molecule has 1 rings (SSSR count). The van der Waals surface area contributed by atoms with Crippen LogP contribution in [0.25, 0.3) is 0 Å². The summed E-state index contributed by atoms with van der Waals surface area (Å²) in [6.07, 6.45) is -9.34. The maximum atomic E-state index is 12.9. The fourth-order valence-electron chi connectivity index (χ4n) is 3.00. The van der Waals surface area contributed by atoms with E-state index < -0.39 is 31.4 Å². The highest BCUT2D eigenvalue weighted by Crippen LogP contribution is 2.58. The van der Waals surface area contributed by atoms with Crippen molar-refractivity contribution < 1.29 is 31.0 Å². The van der Waals surface area contributed by atoms with Crippen molar-refractivity contribution >= 4 is 26.6 Å². The molecule has 0 atom stereocenters. The zero-order chi connectivity index (χ0) is 22.8. The van der Waals surface area contributed by atoms with E-state index in [0.717, 1.165) is 7.48 Å². The average molecular weight is 440 g/mol. The van der Waals surface area contributed by atoms with Crippen molar-refractivity contribution in [3.8, 4) is 0 Å². The Kier molecular flexibility index (Phi) is 8.03. The van der Waals surface area contributed by atoms with E-state index >= 15 is 0 Å². The number of alkyl halides is 6. The van der Waals surface area contributed by atoms with E-state index in [1.807, 2.05) is 0 Å². The van der Waals surface area contributed by atoms with Crippen LogP contribution in [0, 0.1) is 5.41 Å². The van der Waals surface area contributed by atoms with Crippen molar-refractivity contribution in [2.45, 2.75) is 64.2 Å². The SMILES string of the molecule is CC(C)(C)P(CC(=N)CO[B-]c1cc(C(F)(F)F)cc(C(F)(F)F)c1)C(C)(C)C. The van der Waals surface area contributed by atoms with Gasteiger partial charge in [0.2, 0.25) is 0 Å². The normalized spacial score (nSPS) is 13.8. The third-order valence-corrected chi connectivity index (χ3v) is 7.99. The monoisotopic (exact) mass is 440 g/mol. The van der Waals surface area contributed by atoms with Crippen molar-refractivity contribution in [1.82, 2.24) is 0 Å². The minimum atomic E-state index is -4.91. The molecule has 10 heteroatoms. The summed E-state index contributed by atoms with van der Waals surface area (Å²) in [5.74, 6) is 0. The molecule has 29 heavy (non-hydrogen) atoms. The third kappa shape index (κ3) is 8.29. The Labute approximate surface area is 169 Å². The maximum Gasteiger partial charge on any atom is 0.416 e. The van der Waals surface area contributed by atoms with Gasteiger partial charge in [0.15, 0.2) is 0 Å². The van der Waals surface area contributed by atoms with Crippen molar-refractivity contribution in [3.05, 3.63) is 29.3 Å². The number of hydrogen-bond acceptors (Lipinski definition) is 2. The predicted octanol–water partition coefficient (Wildman–Crippen LogP) is 6.08. The van der Waals surface area contributed by atoms with Crippen LogP contribution in [0.5, 0.6) is 0 Å². The van der Waals surface area contributed by atoms with Crippen molar-refractivity contribution in [3.63, 3.8) is 0 Å². The molecule has 0 fully saturated rings. The summed E-state index contributed by atoms with van der Waals surface area (Å²) in [6.45, 7) is 12.3. The zero-order valence-electron chi connectivity index (χ0n) is 17.3. The predicted molar refractivity (Wildman–Crippen MR) is 107 cm³/mol. The second-order valence-electron chi connectivity index (χ2n) is 8.80. The number of nitrogens with one attached hydrogen (secondary N) is 1.